The second-order valence-electron chi connectivity index (χ2n) is 4.11. The van der Waals surface area contributed by atoms with Crippen LogP contribution in [0.25, 0.3) is 0 Å². The molecule has 0 amide bonds. The van der Waals surface area contributed by atoms with Crippen LogP contribution in [-0.4, -0.2) is 42.6 Å². The van der Waals surface area contributed by atoms with E-state index >= 15 is 0 Å². The van der Waals surface area contributed by atoms with Gasteiger partial charge in [0, 0.05) is 18.5 Å². The topological polar surface area (TPSA) is 12.5 Å². The fraction of sp³-hybridized carbons (Fsp3) is 1.00. The molecule has 2 fully saturated rings. The fourth-order valence-electron chi connectivity index (χ4n) is 2.16. The van der Waals surface area contributed by atoms with Gasteiger partial charge in [-0.25, -0.2) is 0 Å². The standard InChI is InChI=1S/C10H18ClNO/c11-9-3-5-12(6-4-9)8-10-2-1-7-13-10/h9-10H,1-8H2. The van der Waals surface area contributed by atoms with Gasteiger partial charge in [0.1, 0.15) is 0 Å². The maximum Gasteiger partial charge on any atom is 0.0702 e. The smallest absolute Gasteiger partial charge is 0.0702 e. The molecule has 2 nitrogen and oxygen atoms in total. The zero-order valence-electron chi connectivity index (χ0n) is 8.04. The van der Waals surface area contributed by atoms with Crippen molar-refractivity contribution < 1.29 is 4.74 Å². The summed E-state index contributed by atoms with van der Waals surface area (Å²) in [6.45, 7) is 4.42. The van der Waals surface area contributed by atoms with Crippen LogP contribution >= 0.6 is 11.6 Å². The monoisotopic (exact) mass is 203 g/mol. The van der Waals surface area contributed by atoms with E-state index in [4.69, 9.17) is 16.3 Å². The van der Waals surface area contributed by atoms with Crippen LogP contribution in [0.5, 0.6) is 0 Å². The first kappa shape index (κ1) is 9.75. The molecule has 1 atom stereocenters. The molecule has 3 heteroatoms. The molecule has 0 bridgehead atoms. The zero-order valence-corrected chi connectivity index (χ0v) is 8.80. The largest absolute Gasteiger partial charge is 0.377 e. The van der Waals surface area contributed by atoms with Crippen molar-refractivity contribution in [1.29, 1.82) is 0 Å². The molecule has 76 valence electrons. The van der Waals surface area contributed by atoms with Crippen LogP contribution in [0.3, 0.4) is 0 Å². The normalized spacial score (nSPS) is 32.5. The Morgan fingerprint density at radius 1 is 1.23 bits per heavy atom. The number of rotatable bonds is 2. The highest BCUT2D eigenvalue weighted by Gasteiger charge is 2.22. The average molecular weight is 204 g/mol. The number of hydrogen-bond donors (Lipinski definition) is 0. The van der Waals surface area contributed by atoms with Crippen LogP contribution in [0.4, 0.5) is 0 Å². The SMILES string of the molecule is ClC1CCN(CC2CCCO2)CC1. The fourth-order valence-corrected chi connectivity index (χ4v) is 2.36. The van der Waals surface area contributed by atoms with Crippen molar-refractivity contribution in [3.8, 4) is 0 Å². The summed E-state index contributed by atoms with van der Waals surface area (Å²) < 4.78 is 5.61. The highest BCUT2D eigenvalue weighted by atomic mass is 35.5. The van der Waals surface area contributed by atoms with Crippen molar-refractivity contribution in [3.05, 3.63) is 0 Å². The quantitative estimate of drug-likeness (QED) is 0.636. The lowest BCUT2D eigenvalue weighted by Gasteiger charge is -2.30. The van der Waals surface area contributed by atoms with E-state index < -0.39 is 0 Å². The Kier molecular flexibility index (Phi) is 3.47. The van der Waals surface area contributed by atoms with E-state index in [2.05, 4.69) is 4.90 Å². The van der Waals surface area contributed by atoms with Crippen molar-refractivity contribution in [2.45, 2.75) is 37.2 Å². The molecule has 0 radical (unpaired) electrons. The minimum atomic E-state index is 0.417. The van der Waals surface area contributed by atoms with Gasteiger partial charge in [-0.05, 0) is 38.8 Å². The minimum Gasteiger partial charge on any atom is -0.377 e. The van der Waals surface area contributed by atoms with E-state index in [1.807, 2.05) is 0 Å². The van der Waals surface area contributed by atoms with Crippen molar-refractivity contribution in [2.75, 3.05) is 26.2 Å². The van der Waals surface area contributed by atoms with Crippen molar-refractivity contribution >= 4 is 11.6 Å². The molecule has 1 unspecified atom stereocenters. The summed E-state index contributed by atoms with van der Waals surface area (Å²) in [4.78, 5) is 2.49. The van der Waals surface area contributed by atoms with Gasteiger partial charge in [-0.2, -0.15) is 0 Å². The molecule has 2 heterocycles. The predicted molar refractivity (Wildman–Crippen MR) is 54.3 cm³/mol. The molecular weight excluding hydrogens is 186 g/mol. The predicted octanol–water partition coefficient (Wildman–Crippen LogP) is 1.87. The van der Waals surface area contributed by atoms with Gasteiger partial charge >= 0.3 is 0 Å². The summed E-state index contributed by atoms with van der Waals surface area (Å²) in [5, 5.41) is 0.417. The van der Waals surface area contributed by atoms with Crippen LogP contribution in [0.15, 0.2) is 0 Å². The van der Waals surface area contributed by atoms with Gasteiger partial charge in [-0.1, -0.05) is 0 Å². The Morgan fingerprint density at radius 3 is 2.62 bits per heavy atom. The summed E-state index contributed by atoms with van der Waals surface area (Å²) in [6.07, 6.45) is 5.30. The highest BCUT2D eigenvalue weighted by molar-refractivity contribution is 6.20. The van der Waals surface area contributed by atoms with Gasteiger partial charge in [-0.15, -0.1) is 11.6 Å². The molecular formula is C10H18ClNO. The molecule has 0 spiro atoms. The Bertz CT molecular complexity index is 151. The lowest BCUT2D eigenvalue weighted by atomic mass is 10.1. The molecule has 2 aliphatic heterocycles. The Hall–Kier alpha value is 0.210. The number of hydrogen-bond acceptors (Lipinski definition) is 2. The van der Waals surface area contributed by atoms with Crippen LogP contribution in [0.1, 0.15) is 25.7 Å². The first-order valence-corrected chi connectivity index (χ1v) is 5.76. The molecule has 13 heavy (non-hydrogen) atoms. The van der Waals surface area contributed by atoms with Crippen LogP contribution in [0.2, 0.25) is 0 Å². The minimum absolute atomic E-state index is 0.417. The van der Waals surface area contributed by atoms with Gasteiger partial charge < -0.3 is 9.64 Å². The van der Waals surface area contributed by atoms with Gasteiger partial charge in [0.15, 0.2) is 0 Å². The number of likely N-dealkylation sites (tertiary alicyclic amines) is 1. The van der Waals surface area contributed by atoms with Gasteiger partial charge in [0.05, 0.1) is 6.10 Å². The second kappa shape index (κ2) is 4.63. The molecule has 0 aromatic rings. The molecule has 0 aromatic heterocycles. The van der Waals surface area contributed by atoms with E-state index in [1.54, 1.807) is 0 Å². The molecule has 2 rings (SSSR count). The van der Waals surface area contributed by atoms with E-state index in [-0.39, 0.29) is 0 Å². The lowest BCUT2D eigenvalue weighted by molar-refractivity contribution is 0.0670. The average Bonchev–Trinajstić information content (AvgIpc) is 2.62. The number of halogens is 1. The van der Waals surface area contributed by atoms with Gasteiger partial charge in [0.25, 0.3) is 0 Å². The van der Waals surface area contributed by atoms with Crippen molar-refractivity contribution in [1.82, 2.24) is 4.90 Å². The molecule has 0 saturated carbocycles. The number of piperidine rings is 1. The molecule has 0 aliphatic carbocycles. The third-order valence-electron chi connectivity index (χ3n) is 3.00. The summed E-state index contributed by atoms with van der Waals surface area (Å²) in [5.74, 6) is 0. The van der Waals surface area contributed by atoms with E-state index in [1.165, 1.54) is 12.8 Å². The second-order valence-corrected chi connectivity index (χ2v) is 4.73. The number of nitrogens with zero attached hydrogens (tertiary/aromatic N) is 1. The first-order chi connectivity index (χ1) is 6.34. The van der Waals surface area contributed by atoms with Crippen molar-refractivity contribution in [3.63, 3.8) is 0 Å². The van der Waals surface area contributed by atoms with Crippen molar-refractivity contribution in [2.24, 2.45) is 0 Å². The number of ether oxygens (including phenoxy) is 1. The maximum absolute atomic E-state index is 6.04. The summed E-state index contributed by atoms with van der Waals surface area (Å²) >= 11 is 6.04. The molecule has 2 aliphatic rings. The van der Waals surface area contributed by atoms with E-state index in [9.17, 15) is 0 Å². The molecule has 0 aromatic carbocycles. The highest BCUT2D eigenvalue weighted by Crippen LogP contribution is 2.19. The van der Waals surface area contributed by atoms with Gasteiger partial charge in [-0.3, -0.25) is 0 Å². The molecule has 0 N–H and O–H groups in total. The third-order valence-corrected chi connectivity index (χ3v) is 3.44. The van der Waals surface area contributed by atoms with Crippen LogP contribution in [-0.2, 0) is 4.74 Å². The Morgan fingerprint density at radius 2 is 2.00 bits per heavy atom. The Labute approximate surface area is 85.2 Å². The van der Waals surface area contributed by atoms with Gasteiger partial charge in [0.2, 0.25) is 0 Å². The summed E-state index contributed by atoms with van der Waals surface area (Å²) in [5.41, 5.74) is 0. The van der Waals surface area contributed by atoms with E-state index in [0.29, 0.717) is 11.5 Å². The summed E-state index contributed by atoms with van der Waals surface area (Å²) in [6, 6.07) is 0. The third kappa shape index (κ3) is 2.83. The van der Waals surface area contributed by atoms with Crippen LogP contribution in [0, 0.1) is 0 Å². The maximum atomic E-state index is 6.04. The molecule has 2 saturated heterocycles. The lowest BCUT2D eigenvalue weighted by Crippen LogP contribution is -2.38. The number of alkyl halides is 1. The zero-order chi connectivity index (χ0) is 9.10. The van der Waals surface area contributed by atoms with Crippen LogP contribution < -0.4 is 0 Å². The Balaban J connectivity index is 1.69. The summed E-state index contributed by atoms with van der Waals surface area (Å²) in [7, 11) is 0. The van der Waals surface area contributed by atoms with E-state index in [0.717, 1.165) is 39.1 Å². The first-order valence-electron chi connectivity index (χ1n) is 5.32.